The summed E-state index contributed by atoms with van der Waals surface area (Å²) in [4.78, 5) is 0. The van der Waals surface area contributed by atoms with E-state index < -0.39 is 14.8 Å². The van der Waals surface area contributed by atoms with Crippen molar-refractivity contribution >= 4 is 15.7 Å². The third kappa shape index (κ3) is 3.09. The van der Waals surface area contributed by atoms with E-state index in [9.17, 15) is 8.42 Å². The molecule has 0 unspecified atom stereocenters. The molecule has 0 spiro atoms. The van der Waals surface area contributed by atoms with Crippen LogP contribution in [0.25, 0.3) is 0 Å². The summed E-state index contributed by atoms with van der Waals surface area (Å²) in [7, 11) is -3.30. The molecule has 0 radical (unpaired) electrons. The van der Waals surface area contributed by atoms with Gasteiger partial charge in [0.05, 0.1) is 4.75 Å². The minimum absolute atomic E-state index is 0.343. The first-order valence-corrected chi connectivity index (χ1v) is 8.13. The Kier molecular flexibility index (Phi) is 3.87. The van der Waals surface area contributed by atoms with Gasteiger partial charge in [-0.1, -0.05) is 18.2 Å². The number of anilines is 1. The molecular formula is C14H22N2O2S. The van der Waals surface area contributed by atoms with Crippen molar-refractivity contribution in [3.8, 4) is 0 Å². The summed E-state index contributed by atoms with van der Waals surface area (Å²) in [5, 5.41) is 3.37. The Morgan fingerprint density at radius 3 is 2.74 bits per heavy atom. The molecule has 0 fully saturated rings. The highest BCUT2D eigenvalue weighted by molar-refractivity contribution is 7.90. The van der Waals surface area contributed by atoms with Crippen LogP contribution < -0.4 is 10.0 Å². The second-order valence-electron chi connectivity index (χ2n) is 5.92. The number of nitrogens with one attached hydrogen (secondary N) is 2. The monoisotopic (exact) mass is 282 g/mol. The molecule has 19 heavy (non-hydrogen) atoms. The summed E-state index contributed by atoms with van der Waals surface area (Å²) in [5.41, 5.74) is 3.40. The quantitative estimate of drug-likeness (QED) is 0.894. The summed E-state index contributed by atoms with van der Waals surface area (Å²) in [6.07, 6.45) is 2.19. The molecule has 106 valence electrons. The van der Waals surface area contributed by atoms with Gasteiger partial charge in [0.25, 0.3) is 0 Å². The van der Waals surface area contributed by atoms with Gasteiger partial charge in [-0.15, -0.1) is 0 Å². The van der Waals surface area contributed by atoms with E-state index in [-0.39, 0.29) is 0 Å². The summed E-state index contributed by atoms with van der Waals surface area (Å²) in [6.45, 7) is 6.40. The smallest absolute Gasteiger partial charge is 0.216 e. The Morgan fingerprint density at radius 2 is 2.05 bits per heavy atom. The van der Waals surface area contributed by atoms with Gasteiger partial charge >= 0.3 is 0 Å². The van der Waals surface area contributed by atoms with Crippen molar-refractivity contribution in [2.45, 2.75) is 44.9 Å². The van der Waals surface area contributed by atoms with E-state index in [1.165, 1.54) is 5.56 Å². The van der Waals surface area contributed by atoms with Gasteiger partial charge in [0.1, 0.15) is 0 Å². The van der Waals surface area contributed by atoms with Crippen molar-refractivity contribution in [1.82, 2.24) is 4.72 Å². The molecule has 0 bridgehead atoms. The molecule has 0 aliphatic carbocycles. The van der Waals surface area contributed by atoms with Crippen molar-refractivity contribution in [3.05, 3.63) is 29.3 Å². The van der Waals surface area contributed by atoms with Crippen LogP contribution in [0.2, 0.25) is 0 Å². The summed E-state index contributed by atoms with van der Waals surface area (Å²) < 4.78 is 26.0. The molecule has 4 nitrogen and oxygen atoms in total. The normalized spacial score (nSPS) is 15.7. The Morgan fingerprint density at radius 1 is 1.32 bits per heavy atom. The number of rotatable bonds is 3. The zero-order valence-electron chi connectivity index (χ0n) is 11.8. The molecule has 0 aromatic heterocycles. The highest BCUT2D eigenvalue weighted by atomic mass is 32.2. The minimum Gasteiger partial charge on any atom is -0.385 e. The predicted octanol–water partition coefficient (Wildman–Crippen LogP) is 2.26. The molecule has 1 aliphatic rings. The summed E-state index contributed by atoms with van der Waals surface area (Å²) >= 11 is 0. The average Bonchev–Trinajstić information content (AvgIpc) is 2.35. The van der Waals surface area contributed by atoms with E-state index in [0.717, 1.165) is 30.6 Å². The van der Waals surface area contributed by atoms with E-state index >= 15 is 0 Å². The van der Waals surface area contributed by atoms with Crippen LogP contribution in [0.1, 0.15) is 38.3 Å². The first-order valence-electron chi connectivity index (χ1n) is 6.65. The largest absolute Gasteiger partial charge is 0.385 e. The molecule has 1 aromatic rings. The van der Waals surface area contributed by atoms with Crippen molar-refractivity contribution in [2.75, 3.05) is 11.9 Å². The predicted molar refractivity (Wildman–Crippen MR) is 78.8 cm³/mol. The summed E-state index contributed by atoms with van der Waals surface area (Å²) in [6, 6.07) is 6.07. The van der Waals surface area contributed by atoms with Crippen LogP contribution in [0.4, 0.5) is 5.69 Å². The van der Waals surface area contributed by atoms with Gasteiger partial charge in [0, 0.05) is 18.8 Å². The number of hydrogen-bond acceptors (Lipinski definition) is 3. The third-order valence-electron chi connectivity index (χ3n) is 3.42. The first kappa shape index (κ1) is 14.3. The topological polar surface area (TPSA) is 58.2 Å². The Balaban J connectivity index is 2.17. The average molecular weight is 282 g/mol. The Bertz CT molecular complexity index is 559. The lowest BCUT2D eigenvalue weighted by Gasteiger charge is -2.23. The van der Waals surface area contributed by atoms with E-state index in [1.54, 1.807) is 20.8 Å². The van der Waals surface area contributed by atoms with Crippen LogP contribution in [-0.2, 0) is 23.0 Å². The molecule has 2 N–H and O–H groups in total. The van der Waals surface area contributed by atoms with Gasteiger partial charge in [-0.3, -0.25) is 0 Å². The van der Waals surface area contributed by atoms with Crippen molar-refractivity contribution in [1.29, 1.82) is 0 Å². The molecule has 0 amide bonds. The van der Waals surface area contributed by atoms with Gasteiger partial charge in [0.2, 0.25) is 10.0 Å². The lowest BCUT2D eigenvalue weighted by atomic mass is 9.99. The van der Waals surface area contributed by atoms with Crippen LogP contribution in [0, 0.1) is 0 Å². The summed E-state index contributed by atoms with van der Waals surface area (Å²) in [5.74, 6) is 0. The van der Waals surface area contributed by atoms with Gasteiger partial charge in [-0.25, -0.2) is 13.1 Å². The number of benzene rings is 1. The lowest BCUT2D eigenvalue weighted by Crippen LogP contribution is -2.39. The number of aryl methyl sites for hydroxylation is 1. The number of hydrogen-bond donors (Lipinski definition) is 2. The zero-order valence-corrected chi connectivity index (χ0v) is 12.6. The Labute approximate surface area is 115 Å². The molecule has 2 rings (SSSR count). The molecule has 0 atom stereocenters. The van der Waals surface area contributed by atoms with Crippen molar-refractivity contribution < 1.29 is 8.42 Å². The van der Waals surface area contributed by atoms with Crippen molar-refractivity contribution in [2.24, 2.45) is 0 Å². The highest BCUT2D eigenvalue weighted by Crippen LogP contribution is 2.26. The molecule has 0 saturated heterocycles. The van der Waals surface area contributed by atoms with E-state index in [4.69, 9.17) is 0 Å². The van der Waals surface area contributed by atoms with E-state index in [1.807, 2.05) is 12.1 Å². The molecule has 1 aliphatic heterocycles. The zero-order chi connectivity index (χ0) is 14.1. The Hall–Kier alpha value is -1.07. The second-order valence-corrected chi connectivity index (χ2v) is 8.44. The van der Waals surface area contributed by atoms with Crippen LogP contribution in [0.15, 0.2) is 18.2 Å². The van der Waals surface area contributed by atoms with Gasteiger partial charge < -0.3 is 5.32 Å². The van der Waals surface area contributed by atoms with Crippen LogP contribution in [0.3, 0.4) is 0 Å². The fraction of sp³-hybridized carbons (Fsp3) is 0.571. The van der Waals surface area contributed by atoms with E-state index in [2.05, 4.69) is 16.1 Å². The standard InChI is InChI=1S/C14H22N2O2S/c1-14(2,3)19(17,18)16-10-12-7-4-6-11-8-5-9-15-13(11)12/h4,6-7,15-16H,5,8-10H2,1-3H3. The molecule has 1 heterocycles. The molecule has 1 aromatic carbocycles. The fourth-order valence-electron chi connectivity index (χ4n) is 2.12. The van der Waals surface area contributed by atoms with Crippen LogP contribution in [0.5, 0.6) is 0 Å². The number of fused-ring (bicyclic) bond motifs is 1. The van der Waals surface area contributed by atoms with Gasteiger partial charge in [0.15, 0.2) is 0 Å². The van der Waals surface area contributed by atoms with Crippen LogP contribution >= 0.6 is 0 Å². The maximum atomic E-state index is 12.1. The van der Waals surface area contributed by atoms with Crippen LogP contribution in [-0.4, -0.2) is 19.7 Å². The van der Waals surface area contributed by atoms with E-state index in [0.29, 0.717) is 6.54 Å². The minimum atomic E-state index is -3.30. The van der Waals surface area contributed by atoms with Gasteiger partial charge in [-0.05, 0) is 44.7 Å². The number of para-hydroxylation sites is 1. The van der Waals surface area contributed by atoms with Gasteiger partial charge in [-0.2, -0.15) is 0 Å². The second kappa shape index (κ2) is 5.13. The third-order valence-corrected chi connectivity index (χ3v) is 5.56. The fourth-order valence-corrected chi connectivity index (χ4v) is 2.90. The molecule has 0 saturated carbocycles. The maximum absolute atomic E-state index is 12.1. The lowest BCUT2D eigenvalue weighted by molar-refractivity contribution is 0.544. The SMILES string of the molecule is CC(C)(C)S(=O)(=O)NCc1cccc2c1NCCC2. The molecule has 5 heteroatoms. The van der Waals surface area contributed by atoms with Crippen molar-refractivity contribution in [3.63, 3.8) is 0 Å². The first-order chi connectivity index (χ1) is 8.81. The maximum Gasteiger partial charge on any atom is 0.216 e. The molecular weight excluding hydrogens is 260 g/mol. The number of sulfonamides is 1. The highest BCUT2D eigenvalue weighted by Gasteiger charge is 2.28.